The number of nitrogens with zero attached hydrogens (tertiary/aromatic N) is 1. The highest BCUT2D eigenvalue weighted by Crippen LogP contribution is 2.45. The van der Waals surface area contributed by atoms with Crippen molar-refractivity contribution in [3.05, 3.63) is 59.5 Å². The Hall–Kier alpha value is -2.51. The number of hydrogen-bond acceptors (Lipinski definition) is 5. The molecule has 0 bridgehead atoms. The zero-order valence-corrected chi connectivity index (χ0v) is 16.5. The van der Waals surface area contributed by atoms with E-state index in [1.165, 1.54) is 0 Å². The fourth-order valence-electron chi connectivity index (χ4n) is 3.35. The second-order valence-electron chi connectivity index (χ2n) is 6.14. The lowest BCUT2D eigenvalue weighted by Gasteiger charge is -2.36. The standard InChI is InChI=1S/C20H18N2O3S2/c1-24-15-9-8-12(10-16(15)25-2)14-11-27-18-17(14)19(23)22(20(26)21-18)13-6-4-3-5-7-13/h3-11,17-18H,1-2H3,(H,21,26). The molecule has 138 valence electrons. The molecule has 7 heteroatoms. The second-order valence-corrected chi connectivity index (χ2v) is 7.54. The lowest BCUT2D eigenvalue weighted by molar-refractivity contribution is -0.120. The molecule has 2 aromatic rings. The van der Waals surface area contributed by atoms with Gasteiger partial charge in [-0.2, -0.15) is 0 Å². The van der Waals surface area contributed by atoms with E-state index in [1.807, 2.05) is 53.9 Å². The minimum Gasteiger partial charge on any atom is -0.493 e. The molecule has 4 rings (SSSR count). The van der Waals surface area contributed by atoms with E-state index in [4.69, 9.17) is 21.7 Å². The van der Waals surface area contributed by atoms with Gasteiger partial charge in [-0.05, 0) is 53.0 Å². The monoisotopic (exact) mass is 398 g/mol. The maximum atomic E-state index is 13.4. The number of methoxy groups -OCH3 is 2. The number of para-hydroxylation sites is 1. The van der Waals surface area contributed by atoms with Crippen molar-refractivity contribution in [1.29, 1.82) is 0 Å². The molecule has 2 atom stereocenters. The number of ether oxygens (including phenoxy) is 2. The Bertz CT molecular complexity index is 930. The smallest absolute Gasteiger partial charge is 0.243 e. The van der Waals surface area contributed by atoms with Crippen LogP contribution in [0.15, 0.2) is 53.9 Å². The zero-order chi connectivity index (χ0) is 19.0. The second kappa shape index (κ2) is 7.25. The van der Waals surface area contributed by atoms with Crippen molar-refractivity contribution in [1.82, 2.24) is 5.32 Å². The largest absolute Gasteiger partial charge is 0.493 e. The molecular weight excluding hydrogens is 380 g/mol. The van der Waals surface area contributed by atoms with Crippen LogP contribution in [0.25, 0.3) is 5.57 Å². The van der Waals surface area contributed by atoms with Gasteiger partial charge in [0.05, 0.1) is 31.2 Å². The molecule has 0 aromatic heterocycles. The summed E-state index contributed by atoms with van der Waals surface area (Å²) in [4.78, 5) is 14.9. The van der Waals surface area contributed by atoms with Gasteiger partial charge in [-0.25, -0.2) is 0 Å². The molecule has 1 fully saturated rings. The van der Waals surface area contributed by atoms with Gasteiger partial charge in [0.1, 0.15) is 0 Å². The van der Waals surface area contributed by atoms with Gasteiger partial charge >= 0.3 is 0 Å². The van der Waals surface area contributed by atoms with Crippen LogP contribution >= 0.6 is 24.0 Å². The first-order chi connectivity index (χ1) is 13.1. The van der Waals surface area contributed by atoms with Crippen LogP contribution in [0.1, 0.15) is 5.56 Å². The predicted molar refractivity (Wildman–Crippen MR) is 112 cm³/mol. The summed E-state index contributed by atoms with van der Waals surface area (Å²) in [5.41, 5.74) is 2.65. The number of nitrogens with one attached hydrogen (secondary N) is 1. The Kier molecular flexibility index (Phi) is 4.80. The van der Waals surface area contributed by atoms with Crippen LogP contribution in [0.3, 0.4) is 0 Å². The third-order valence-corrected chi connectivity index (χ3v) is 6.04. The summed E-state index contributed by atoms with van der Waals surface area (Å²) < 4.78 is 10.7. The minimum absolute atomic E-state index is 0.0269. The molecule has 2 unspecified atom stereocenters. The molecule has 2 aromatic carbocycles. The summed E-state index contributed by atoms with van der Waals surface area (Å²) in [6, 6.07) is 15.2. The van der Waals surface area contributed by atoms with Crippen molar-refractivity contribution in [2.24, 2.45) is 5.92 Å². The van der Waals surface area contributed by atoms with E-state index < -0.39 is 0 Å². The van der Waals surface area contributed by atoms with E-state index in [1.54, 1.807) is 30.9 Å². The van der Waals surface area contributed by atoms with Gasteiger partial charge in [0.25, 0.3) is 0 Å². The van der Waals surface area contributed by atoms with Gasteiger partial charge in [0, 0.05) is 0 Å². The molecule has 2 heterocycles. The van der Waals surface area contributed by atoms with Crippen LogP contribution in [-0.4, -0.2) is 30.6 Å². The summed E-state index contributed by atoms with van der Waals surface area (Å²) >= 11 is 7.04. The number of amides is 1. The van der Waals surface area contributed by atoms with Gasteiger partial charge in [-0.1, -0.05) is 24.3 Å². The molecule has 2 aliphatic heterocycles. The van der Waals surface area contributed by atoms with E-state index in [0.29, 0.717) is 16.6 Å². The van der Waals surface area contributed by atoms with Crippen LogP contribution in [0, 0.1) is 5.92 Å². The first-order valence-electron chi connectivity index (χ1n) is 8.41. The molecule has 1 N–H and O–H groups in total. The zero-order valence-electron chi connectivity index (χ0n) is 14.8. The summed E-state index contributed by atoms with van der Waals surface area (Å²) in [5.74, 6) is 0.932. The maximum Gasteiger partial charge on any atom is 0.243 e. The van der Waals surface area contributed by atoms with Crippen LogP contribution in [0.4, 0.5) is 5.69 Å². The fraction of sp³-hybridized carbons (Fsp3) is 0.200. The van der Waals surface area contributed by atoms with Crippen LogP contribution < -0.4 is 19.7 Å². The van der Waals surface area contributed by atoms with Crippen LogP contribution in [0.5, 0.6) is 11.5 Å². The average molecular weight is 399 g/mol. The molecule has 0 saturated carbocycles. The lowest BCUT2D eigenvalue weighted by atomic mass is 9.91. The first kappa shape index (κ1) is 17.9. The number of benzene rings is 2. The van der Waals surface area contributed by atoms with E-state index in [0.717, 1.165) is 16.8 Å². The number of hydrogen-bond donors (Lipinski definition) is 1. The molecular formula is C20H18N2O3S2. The van der Waals surface area contributed by atoms with Crippen molar-refractivity contribution in [2.75, 3.05) is 19.1 Å². The quantitative estimate of drug-likeness (QED) is 0.794. The van der Waals surface area contributed by atoms with E-state index >= 15 is 0 Å². The van der Waals surface area contributed by atoms with Crippen molar-refractivity contribution >= 4 is 46.3 Å². The summed E-state index contributed by atoms with van der Waals surface area (Å²) in [7, 11) is 3.20. The number of carbonyl (C=O) groups excluding carboxylic acids is 1. The van der Waals surface area contributed by atoms with Crippen molar-refractivity contribution in [3.63, 3.8) is 0 Å². The number of fused-ring (bicyclic) bond motifs is 1. The highest BCUT2D eigenvalue weighted by molar-refractivity contribution is 8.03. The number of thioether (sulfide) groups is 1. The van der Waals surface area contributed by atoms with Gasteiger partial charge in [-0.15, -0.1) is 11.8 Å². The highest BCUT2D eigenvalue weighted by Gasteiger charge is 2.45. The van der Waals surface area contributed by atoms with Crippen LogP contribution in [0.2, 0.25) is 0 Å². The topological polar surface area (TPSA) is 50.8 Å². The van der Waals surface area contributed by atoms with Crippen molar-refractivity contribution in [2.45, 2.75) is 5.37 Å². The fourth-order valence-corrected chi connectivity index (χ4v) is 4.92. The number of anilines is 1. The highest BCUT2D eigenvalue weighted by atomic mass is 32.2. The Labute approximate surface area is 167 Å². The molecule has 0 radical (unpaired) electrons. The molecule has 2 aliphatic rings. The van der Waals surface area contributed by atoms with Gasteiger partial charge in [0.15, 0.2) is 16.6 Å². The third-order valence-electron chi connectivity index (χ3n) is 4.67. The number of rotatable bonds is 4. The SMILES string of the molecule is COc1ccc(C2=CSC3NC(=S)N(c4ccccc4)C(=O)C23)cc1OC. The van der Waals surface area contributed by atoms with E-state index in [-0.39, 0.29) is 17.2 Å². The van der Waals surface area contributed by atoms with Crippen LogP contribution in [-0.2, 0) is 4.79 Å². The van der Waals surface area contributed by atoms with Gasteiger partial charge < -0.3 is 14.8 Å². The maximum absolute atomic E-state index is 13.4. The molecule has 1 amide bonds. The van der Waals surface area contributed by atoms with Crippen molar-refractivity contribution < 1.29 is 14.3 Å². The molecule has 5 nitrogen and oxygen atoms in total. The molecule has 27 heavy (non-hydrogen) atoms. The summed E-state index contributed by atoms with van der Waals surface area (Å²) in [6.45, 7) is 0. The minimum atomic E-state index is -0.333. The Morgan fingerprint density at radius 3 is 2.52 bits per heavy atom. The van der Waals surface area contributed by atoms with Gasteiger partial charge in [0.2, 0.25) is 5.91 Å². The lowest BCUT2D eigenvalue weighted by Crippen LogP contribution is -2.58. The van der Waals surface area contributed by atoms with E-state index in [2.05, 4.69) is 5.32 Å². The number of thiocarbonyl (C=S) groups is 1. The van der Waals surface area contributed by atoms with E-state index in [9.17, 15) is 4.79 Å². The Morgan fingerprint density at radius 1 is 1.07 bits per heavy atom. The predicted octanol–water partition coefficient (Wildman–Crippen LogP) is 3.66. The average Bonchev–Trinajstić information content (AvgIpc) is 3.12. The van der Waals surface area contributed by atoms with Gasteiger partial charge in [-0.3, -0.25) is 9.69 Å². The molecule has 0 aliphatic carbocycles. The first-order valence-corrected chi connectivity index (χ1v) is 9.76. The Morgan fingerprint density at radius 2 is 1.81 bits per heavy atom. The molecule has 0 spiro atoms. The molecule has 1 saturated heterocycles. The Balaban J connectivity index is 1.70. The summed E-state index contributed by atoms with van der Waals surface area (Å²) in [5, 5.41) is 5.65. The third kappa shape index (κ3) is 3.07. The summed E-state index contributed by atoms with van der Waals surface area (Å²) in [6.07, 6.45) is 0. The normalized spacial score (nSPS) is 21.4. The van der Waals surface area contributed by atoms with Crippen molar-refractivity contribution in [3.8, 4) is 11.5 Å². The number of carbonyl (C=O) groups is 1.